The van der Waals surface area contributed by atoms with Gasteiger partial charge < -0.3 is 15.1 Å². The van der Waals surface area contributed by atoms with Gasteiger partial charge in [0.1, 0.15) is 0 Å². The molecule has 2 aromatic rings. The number of benzene rings is 2. The molecule has 1 N–H and O–H groups in total. The predicted molar refractivity (Wildman–Crippen MR) is 111 cm³/mol. The summed E-state index contributed by atoms with van der Waals surface area (Å²) in [5.41, 5.74) is 2.72. The minimum atomic E-state index is -0.0792. The molecule has 3 rings (SSSR count). The molecule has 1 saturated heterocycles. The first kappa shape index (κ1) is 18.5. The fourth-order valence-electron chi connectivity index (χ4n) is 2.95. The Kier molecular flexibility index (Phi) is 6.36. The molecule has 5 heteroatoms. The molecule has 2 aromatic carbocycles. The third-order valence-corrected chi connectivity index (χ3v) is 5.55. The van der Waals surface area contributed by atoms with Crippen LogP contribution in [-0.2, 0) is 0 Å². The number of nitrogens with one attached hydrogen (secondary N) is 1. The van der Waals surface area contributed by atoms with Crippen LogP contribution >= 0.6 is 11.8 Å². The number of anilines is 2. The molecule has 0 atom stereocenters. The van der Waals surface area contributed by atoms with E-state index in [1.54, 1.807) is 11.8 Å². The zero-order valence-corrected chi connectivity index (χ0v) is 16.0. The summed E-state index contributed by atoms with van der Waals surface area (Å²) < 4.78 is 0. The Labute approximate surface area is 159 Å². The average Bonchev–Trinajstić information content (AvgIpc) is 2.68. The Bertz CT molecular complexity index is 752. The van der Waals surface area contributed by atoms with Gasteiger partial charge >= 0.3 is 0 Å². The van der Waals surface area contributed by atoms with Crippen LogP contribution in [0.2, 0.25) is 0 Å². The summed E-state index contributed by atoms with van der Waals surface area (Å²) in [6, 6.07) is 15.8. The topological polar surface area (TPSA) is 35.6 Å². The SMILES string of the molecule is C=CCSc1ccccc1C(=O)Nc1ccc(N2CCN(C)CC2)cc1. The second-order valence-electron chi connectivity index (χ2n) is 6.39. The van der Waals surface area contributed by atoms with Crippen LogP contribution in [0.25, 0.3) is 0 Å². The zero-order valence-electron chi connectivity index (χ0n) is 15.1. The fraction of sp³-hybridized carbons (Fsp3) is 0.286. The molecule has 1 heterocycles. The van der Waals surface area contributed by atoms with Gasteiger partial charge in [-0.3, -0.25) is 4.79 Å². The normalized spacial score (nSPS) is 14.9. The highest BCUT2D eigenvalue weighted by Crippen LogP contribution is 2.24. The molecule has 0 aliphatic carbocycles. The number of hydrogen-bond donors (Lipinski definition) is 1. The maximum absolute atomic E-state index is 12.7. The zero-order chi connectivity index (χ0) is 18.4. The van der Waals surface area contributed by atoms with Crippen molar-refractivity contribution < 1.29 is 4.79 Å². The van der Waals surface area contributed by atoms with Crippen molar-refractivity contribution in [3.63, 3.8) is 0 Å². The Morgan fingerprint density at radius 3 is 2.50 bits per heavy atom. The Morgan fingerprint density at radius 1 is 1.12 bits per heavy atom. The number of rotatable bonds is 6. The van der Waals surface area contributed by atoms with Crippen LogP contribution in [-0.4, -0.2) is 49.8 Å². The number of hydrogen-bond acceptors (Lipinski definition) is 4. The average molecular weight is 368 g/mol. The van der Waals surface area contributed by atoms with Gasteiger partial charge in [-0.1, -0.05) is 18.2 Å². The van der Waals surface area contributed by atoms with Crippen molar-refractivity contribution in [2.45, 2.75) is 4.90 Å². The van der Waals surface area contributed by atoms with Gasteiger partial charge in [-0.05, 0) is 43.4 Å². The van der Waals surface area contributed by atoms with Gasteiger partial charge in [-0.15, -0.1) is 18.3 Å². The van der Waals surface area contributed by atoms with Crippen molar-refractivity contribution in [3.05, 3.63) is 66.7 Å². The van der Waals surface area contributed by atoms with Crippen molar-refractivity contribution >= 4 is 29.0 Å². The summed E-state index contributed by atoms with van der Waals surface area (Å²) in [5.74, 6) is 0.703. The van der Waals surface area contributed by atoms with E-state index in [-0.39, 0.29) is 5.91 Å². The molecule has 0 saturated carbocycles. The molecule has 26 heavy (non-hydrogen) atoms. The van der Waals surface area contributed by atoms with E-state index in [0.29, 0.717) is 5.56 Å². The van der Waals surface area contributed by atoms with Crippen LogP contribution in [0, 0.1) is 0 Å². The molecule has 1 amide bonds. The van der Waals surface area contributed by atoms with E-state index in [4.69, 9.17) is 0 Å². The number of likely N-dealkylation sites (N-methyl/N-ethyl adjacent to an activating group) is 1. The van der Waals surface area contributed by atoms with E-state index in [2.05, 4.69) is 40.9 Å². The lowest BCUT2D eigenvalue weighted by molar-refractivity contribution is 0.102. The summed E-state index contributed by atoms with van der Waals surface area (Å²) in [6.45, 7) is 7.98. The van der Waals surface area contributed by atoms with Crippen LogP contribution < -0.4 is 10.2 Å². The van der Waals surface area contributed by atoms with Crippen LogP contribution in [0.1, 0.15) is 10.4 Å². The number of amides is 1. The smallest absolute Gasteiger partial charge is 0.256 e. The van der Waals surface area contributed by atoms with Crippen molar-refractivity contribution in [1.82, 2.24) is 4.90 Å². The van der Waals surface area contributed by atoms with Crippen LogP contribution in [0.5, 0.6) is 0 Å². The number of thioether (sulfide) groups is 1. The van der Waals surface area contributed by atoms with Gasteiger partial charge in [0.15, 0.2) is 0 Å². The maximum Gasteiger partial charge on any atom is 0.256 e. The second-order valence-corrected chi connectivity index (χ2v) is 7.45. The summed E-state index contributed by atoms with van der Waals surface area (Å²) in [4.78, 5) is 18.3. The quantitative estimate of drug-likeness (QED) is 0.619. The molecule has 0 unspecified atom stereocenters. The van der Waals surface area contributed by atoms with Crippen LogP contribution in [0.4, 0.5) is 11.4 Å². The van der Waals surface area contributed by atoms with Gasteiger partial charge in [0.05, 0.1) is 5.56 Å². The van der Waals surface area contributed by atoms with Gasteiger partial charge in [0.2, 0.25) is 0 Å². The molecule has 1 fully saturated rings. The first-order valence-electron chi connectivity index (χ1n) is 8.85. The molecule has 0 radical (unpaired) electrons. The molecule has 1 aliphatic rings. The summed E-state index contributed by atoms with van der Waals surface area (Å²) in [7, 11) is 2.15. The summed E-state index contributed by atoms with van der Waals surface area (Å²) in [6.07, 6.45) is 1.84. The highest BCUT2D eigenvalue weighted by atomic mass is 32.2. The van der Waals surface area contributed by atoms with E-state index < -0.39 is 0 Å². The van der Waals surface area contributed by atoms with Gasteiger partial charge in [-0.25, -0.2) is 0 Å². The lowest BCUT2D eigenvalue weighted by Crippen LogP contribution is -2.44. The second kappa shape index (κ2) is 8.92. The Morgan fingerprint density at radius 2 is 1.81 bits per heavy atom. The van der Waals surface area contributed by atoms with Gasteiger partial charge in [0, 0.05) is 48.2 Å². The molecule has 4 nitrogen and oxygen atoms in total. The first-order chi connectivity index (χ1) is 12.7. The van der Waals surface area contributed by atoms with Gasteiger partial charge in [-0.2, -0.15) is 0 Å². The molecule has 0 bridgehead atoms. The number of nitrogens with zero attached hydrogens (tertiary/aromatic N) is 2. The highest BCUT2D eigenvalue weighted by molar-refractivity contribution is 7.99. The van der Waals surface area contributed by atoms with Crippen LogP contribution in [0.3, 0.4) is 0 Å². The summed E-state index contributed by atoms with van der Waals surface area (Å²) >= 11 is 1.62. The Hall–Kier alpha value is -2.24. The standard InChI is InChI=1S/C21H25N3OS/c1-3-16-26-20-7-5-4-6-19(20)21(25)22-17-8-10-18(11-9-17)24-14-12-23(2)13-15-24/h3-11H,1,12-16H2,2H3,(H,22,25). The van der Waals surface area contributed by atoms with Crippen LogP contribution in [0.15, 0.2) is 66.1 Å². The lowest BCUT2D eigenvalue weighted by atomic mass is 10.2. The monoisotopic (exact) mass is 367 g/mol. The van der Waals surface area contributed by atoms with Crippen molar-refractivity contribution in [2.75, 3.05) is 49.2 Å². The first-order valence-corrected chi connectivity index (χ1v) is 9.83. The lowest BCUT2D eigenvalue weighted by Gasteiger charge is -2.34. The van der Waals surface area contributed by atoms with E-state index >= 15 is 0 Å². The van der Waals surface area contributed by atoms with E-state index in [1.165, 1.54) is 5.69 Å². The molecular formula is C21H25N3OS. The van der Waals surface area contributed by atoms with Crippen molar-refractivity contribution in [2.24, 2.45) is 0 Å². The third-order valence-electron chi connectivity index (χ3n) is 4.48. The number of piperazine rings is 1. The highest BCUT2D eigenvalue weighted by Gasteiger charge is 2.15. The largest absolute Gasteiger partial charge is 0.369 e. The fourth-order valence-corrected chi connectivity index (χ4v) is 3.74. The van der Waals surface area contributed by atoms with E-state index in [0.717, 1.165) is 42.5 Å². The molecule has 0 spiro atoms. The van der Waals surface area contributed by atoms with Gasteiger partial charge in [0.25, 0.3) is 5.91 Å². The third kappa shape index (κ3) is 4.68. The molecule has 136 valence electrons. The van der Waals surface area contributed by atoms with E-state index in [1.807, 2.05) is 42.5 Å². The van der Waals surface area contributed by atoms with Crippen molar-refractivity contribution in [1.29, 1.82) is 0 Å². The molecule has 0 aromatic heterocycles. The minimum absolute atomic E-state index is 0.0792. The Balaban J connectivity index is 1.66. The minimum Gasteiger partial charge on any atom is -0.369 e. The van der Waals surface area contributed by atoms with Crippen molar-refractivity contribution in [3.8, 4) is 0 Å². The predicted octanol–water partition coefficient (Wildman–Crippen LogP) is 3.97. The number of carbonyl (C=O) groups excluding carboxylic acids is 1. The maximum atomic E-state index is 12.7. The van der Waals surface area contributed by atoms with E-state index in [9.17, 15) is 4.79 Å². The molecular weight excluding hydrogens is 342 g/mol. The summed E-state index contributed by atoms with van der Waals surface area (Å²) in [5, 5.41) is 3.01. The molecule has 1 aliphatic heterocycles. The number of carbonyl (C=O) groups is 1.